The topological polar surface area (TPSA) is 85.0 Å². The van der Waals surface area contributed by atoms with Crippen molar-refractivity contribution in [2.45, 2.75) is 6.42 Å². The van der Waals surface area contributed by atoms with Crippen molar-refractivity contribution in [2.24, 2.45) is 0 Å². The summed E-state index contributed by atoms with van der Waals surface area (Å²) in [5, 5.41) is 16.7. The van der Waals surface area contributed by atoms with Gasteiger partial charge in [-0.1, -0.05) is 0 Å². The molecule has 0 unspecified atom stereocenters. The van der Waals surface area contributed by atoms with Gasteiger partial charge in [0.2, 0.25) is 10.0 Å². The summed E-state index contributed by atoms with van der Waals surface area (Å²) >= 11 is 5.35. The predicted octanol–water partition coefficient (Wildman–Crippen LogP) is 0.294. The Hall–Kier alpha value is -0.820. The molecule has 14 heavy (non-hydrogen) atoms. The van der Waals surface area contributed by atoms with Crippen LogP contribution in [0.5, 0.6) is 0 Å². The first-order chi connectivity index (χ1) is 6.58. The molecule has 0 aliphatic rings. The summed E-state index contributed by atoms with van der Waals surface area (Å²) in [6.45, 7) is -0.587. The van der Waals surface area contributed by atoms with E-state index in [1.165, 1.54) is 0 Å². The van der Waals surface area contributed by atoms with Gasteiger partial charge in [-0.15, -0.1) is 11.6 Å². The number of hydrogen-bond acceptors (Lipinski definition) is 4. The highest BCUT2D eigenvalue weighted by atomic mass is 35.5. The third-order valence-electron chi connectivity index (χ3n) is 1.42. The third-order valence-corrected chi connectivity index (χ3v) is 3.54. The average Bonchev–Trinajstić information content (AvgIpc) is 2.14. The Kier molecular flexibility index (Phi) is 6.22. The lowest BCUT2D eigenvalue weighted by atomic mass is 10.6. The molecule has 5 nitrogen and oxygen atoms in total. The third kappa shape index (κ3) is 4.43. The molecule has 0 spiro atoms. The zero-order valence-corrected chi connectivity index (χ0v) is 9.05. The van der Waals surface area contributed by atoms with Crippen LogP contribution in [-0.4, -0.2) is 37.4 Å². The van der Waals surface area contributed by atoms with E-state index in [9.17, 15) is 8.42 Å². The van der Waals surface area contributed by atoms with Crippen LogP contribution < -0.4 is 0 Å². The standard InChI is InChI=1S/C7H10ClN3O2S/c8-2-1-7-14(12,13)11(5-3-9)6-4-10/h1-2,5-7H2. The zero-order valence-electron chi connectivity index (χ0n) is 7.48. The van der Waals surface area contributed by atoms with Crippen molar-refractivity contribution in [1.82, 2.24) is 4.31 Å². The maximum Gasteiger partial charge on any atom is 0.216 e. The minimum atomic E-state index is -3.50. The summed E-state index contributed by atoms with van der Waals surface area (Å²) in [6, 6.07) is 3.40. The lowest BCUT2D eigenvalue weighted by Crippen LogP contribution is -2.33. The molecule has 0 amide bonds. The van der Waals surface area contributed by atoms with E-state index in [2.05, 4.69) is 0 Å². The second-order valence-electron chi connectivity index (χ2n) is 2.44. The molecular formula is C7H10ClN3O2S. The largest absolute Gasteiger partial charge is 0.216 e. The Balaban J connectivity index is 4.49. The van der Waals surface area contributed by atoms with Crippen molar-refractivity contribution in [3.63, 3.8) is 0 Å². The second-order valence-corrected chi connectivity index (χ2v) is 4.91. The molecule has 0 aromatic carbocycles. The van der Waals surface area contributed by atoms with Crippen molar-refractivity contribution >= 4 is 21.6 Å². The Bertz CT molecular complexity index is 325. The van der Waals surface area contributed by atoms with Crippen molar-refractivity contribution in [2.75, 3.05) is 24.7 Å². The highest BCUT2D eigenvalue weighted by Gasteiger charge is 2.20. The van der Waals surface area contributed by atoms with Gasteiger partial charge >= 0.3 is 0 Å². The highest BCUT2D eigenvalue weighted by molar-refractivity contribution is 7.89. The first-order valence-electron chi connectivity index (χ1n) is 3.86. The summed E-state index contributed by atoms with van der Waals surface area (Å²) in [7, 11) is -3.50. The smallest absolute Gasteiger partial charge is 0.212 e. The van der Waals surface area contributed by atoms with Crippen LogP contribution in [0.2, 0.25) is 0 Å². The highest BCUT2D eigenvalue weighted by Crippen LogP contribution is 2.03. The molecule has 0 aromatic rings. The molecule has 7 heteroatoms. The van der Waals surface area contributed by atoms with E-state index >= 15 is 0 Å². The van der Waals surface area contributed by atoms with Crippen LogP contribution in [-0.2, 0) is 10.0 Å². The molecule has 0 radical (unpaired) electrons. The summed E-state index contributed by atoms with van der Waals surface area (Å²) in [6.07, 6.45) is 0.317. The number of hydrogen-bond donors (Lipinski definition) is 0. The fourth-order valence-electron chi connectivity index (χ4n) is 0.776. The van der Waals surface area contributed by atoms with E-state index in [1.54, 1.807) is 12.1 Å². The molecule has 0 saturated carbocycles. The van der Waals surface area contributed by atoms with Crippen molar-refractivity contribution in [3.8, 4) is 12.1 Å². The van der Waals surface area contributed by atoms with Crippen molar-refractivity contribution < 1.29 is 8.42 Å². The molecule has 0 N–H and O–H groups in total. The van der Waals surface area contributed by atoms with Crippen molar-refractivity contribution in [3.05, 3.63) is 0 Å². The number of alkyl halides is 1. The summed E-state index contributed by atoms with van der Waals surface area (Å²) in [5.74, 6) is 0.117. The van der Waals surface area contributed by atoms with Gasteiger partial charge in [0, 0.05) is 5.88 Å². The van der Waals surface area contributed by atoms with Crippen LogP contribution in [0.25, 0.3) is 0 Å². The maximum atomic E-state index is 11.4. The fourth-order valence-corrected chi connectivity index (χ4v) is 2.34. The van der Waals surface area contributed by atoms with Crippen LogP contribution in [0.4, 0.5) is 0 Å². The molecule has 0 fully saturated rings. The monoisotopic (exact) mass is 235 g/mol. The second kappa shape index (κ2) is 6.61. The van der Waals surface area contributed by atoms with Gasteiger partial charge in [0.1, 0.15) is 13.1 Å². The van der Waals surface area contributed by atoms with Gasteiger partial charge in [0.25, 0.3) is 0 Å². The Morgan fingerprint density at radius 2 is 1.71 bits per heavy atom. The van der Waals surface area contributed by atoms with E-state index < -0.39 is 10.0 Å². The first kappa shape index (κ1) is 13.2. The lowest BCUT2D eigenvalue weighted by Gasteiger charge is -2.14. The first-order valence-corrected chi connectivity index (χ1v) is 6.00. The maximum absolute atomic E-state index is 11.4. The van der Waals surface area contributed by atoms with Gasteiger partial charge in [-0.05, 0) is 6.42 Å². The Morgan fingerprint density at radius 3 is 2.07 bits per heavy atom. The molecule has 0 bridgehead atoms. The molecule has 0 heterocycles. The van der Waals surface area contributed by atoms with Gasteiger partial charge in [0.15, 0.2) is 0 Å². The van der Waals surface area contributed by atoms with Crippen LogP contribution in [0.1, 0.15) is 6.42 Å². The normalized spacial score (nSPS) is 10.9. The predicted molar refractivity (Wildman–Crippen MR) is 51.9 cm³/mol. The molecule has 0 rings (SSSR count). The molecule has 0 aliphatic carbocycles. The Morgan fingerprint density at radius 1 is 1.21 bits per heavy atom. The molecule has 0 saturated heterocycles. The average molecular weight is 236 g/mol. The van der Waals surface area contributed by atoms with Gasteiger partial charge < -0.3 is 0 Å². The molecule has 78 valence electrons. The number of halogens is 1. The lowest BCUT2D eigenvalue weighted by molar-refractivity contribution is 0.479. The van der Waals surface area contributed by atoms with Crippen molar-refractivity contribution in [1.29, 1.82) is 10.5 Å². The summed E-state index contributed by atoms with van der Waals surface area (Å²) in [5.41, 5.74) is 0. The summed E-state index contributed by atoms with van der Waals surface area (Å²) < 4.78 is 23.7. The fraction of sp³-hybridized carbons (Fsp3) is 0.714. The van der Waals surface area contributed by atoms with E-state index in [1.807, 2.05) is 0 Å². The number of nitrogens with zero attached hydrogens (tertiary/aromatic N) is 3. The van der Waals surface area contributed by atoms with E-state index in [-0.39, 0.29) is 24.7 Å². The van der Waals surface area contributed by atoms with E-state index in [0.29, 0.717) is 6.42 Å². The minimum Gasteiger partial charge on any atom is -0.212 e. The van der Waals surface area contributed by atoms with Gasteiger partial charge in [-0.3, -0.25) is 0 Å². The van der Waals surface area contributed by atoms with Gasteiger partial charge in [0.05, 0.1) is 17.9 Å². The number of nitriles is 2. The van der Waals surface area contributed by atoms with Crippen LogP contribution in [0.3, 0.4) is 0 Å². The molecule has 0 aromatic heterocycles. The van der Waals surface area contributed by atoms with E-state index in [4.69, 9.17) is 22.1 Å². The zero-order chi connectivity index (χ0) is 11.0. The number of sulfonamides is 1. The number of rotatable bonds is 6. The van der Waals surface area contributed by atoms with Gasteiger partial charge in [-0.2, -0.15) is 14.8 Å². The molecular weight excluding hydrogens is 226 g/mol. The van der Waals surface area contributed by atoms with Crippen LogP contribution in [0.15, 0.2) is 0 Å². The quantitative estimate of drug-likeness (QED) is 0.489. The molecule has 0 atom stereocenters. The van der Waals surface area contributed by atoms with Gasteiger partial charge in [-0.25, -0.2) is 8.42 Å². The minimum absolute atomic E-state index is 0.125. The summed E-state index contributed by atoms with van der Waals surface area (Å²) in [4.78, 5) is 0. The SMILES string of the molecule is N#CCN(CC#N)S(=O)(=O)CCCCl. The van der Waals surface area contributed by atoms with Crippen LogP contribution in [0, 0.1) is 22.7 Å². The van der Waals surface area contributed by atoms with E-state index in [0.717, 1.165) is 4.31 Å². The Labute approximate surface area is 88.5 Å². The van der Waals surface area contributed by atoms with Crippen LogP contribution >= 0.6 is 11.6 Å². The molecule has 0 aliphatic heterocycles.